The molecule has 94 valence electrons. The maximum absolute atomic E-state index is 11.1. The average molecular weight is 254 g/mol. The van der Waals surface area contributed by atoms with Crippen molar-refractivity contribution in [3.8, 4) is 0 Å². The predicted octanol–water partition coefficient (Wildman–Crippen LogP) is 0.569. The van der Waals surface area contributed by atoms with Gasteiger partial charge >= 0.3 is 0 Å². The number of rotatable bonds is 3. The summed E-state index contributed by atoms with van der Waals surface area (Å²) in [7, 11) is 4.18. The minimum Gasteiger partial charge on any atom is -0.397 e. The summed E-state index contributed by atoms with van der Waals surface area (Å²) in [4.78, 5) is 16.1. The highest BCUT2D eigenvalue weighted by Crippen LogP contribution is 2.34. The molecule has 4 N–H and O–H groups in total. The Labute approximate surface area is 105 Å². The first kappa shape index (κ1) is 12.2. The van der Waals surface area contributed by atoms with Gasteiger partial charge in [0.15, 0.2) is 0 Å². The van der Waals surface area contributed by atoms with Crippen LogP contribution in [-0.4, -0.2) is 44.0 Å². The highest BCUT2D eigenvalue weighted by Gasteiger charge is 2.26. The molecule has 0 radical (unpaired) electrons. The molecule has 0 aromatic carbocycles. The summed E-state index contributed by atoms with van der Waals surface area (Å²) in [5.41, 5.74) is 11.5. The van der Waals surface area contributed by atoms with Gasteiger partial charge in [-0.1, -0.05) is 0 Å². The van der Waals surface area contributed by atoms with Gasteiger partial charge in [0.05, 0.1) is 10.7 Å². The number of primary amides is 1. The van der Waals surface area contributed by atoms with E-state index in [1.54, 1.807) is 0 Å². The molecule has 1 unspecified atom stereocenters. The molecule has 1 aromatic heterocycles. The van der Waals surface area contributed by atoms with E-state index in [-0.39, 0.29) is 0 Å². The Bertz CT molecular complexity index is 429. The molecule has 1 aliphatic heterocycles. The number of carbonyl (C=O) groups excluding carboxylic acids is 1. The van der Waals surface area contributed by atoms with Crippen molar-refractivity contribution < 1.29 is 4.79 Å². The number of likely N-dealkylation sites (N-methyl/N-ethyl adjacent to an activating group) is 1. The molecule has 1 saturated heterocycles. The fourth-order valence-corrected chi connectivity index (χ4v) is 3.07. The Morgan fingerprint density at radius 2 is 2.29 bits per heavy atom. The zero-order valence-electron chi connectivity index (χ0n) is 10.1. The zero-order valence-corrected chi connectivity index (χ0v) is 11.0. The molecule has 0 aliphatic carbocycles. The molecule has 17 heavy (non-hydrogen) atoms. The number of carbonyl (C=O) groups is 1. The first-order chi connectivity index (χ1) is 7.99. The quantitative estimate of drug-likeness (QED) is 0.827. The van der Waals surface area contributed by atoms with Crippen LogP contribution in [0.1, 0.15) is 16.1 Å². The second-order valence-corrected chi connectivity index (χ2v) is 5.62. The lowest BCUT2D eigenvalue weighted by atomic mass is 10.2. The maximum Gasteiger partial charge on any atom is 0.260 e. The van der Waals surface area contributed by atoms with Gasteiger partial charge in [0.1, 0.15) is 4.88 Å². The molecule has 5 nitrogen and oxygen atoms in total. The van der Waals surface area contributed by atoms with Gasteiger partial charge in [-0.3, -0.25) is 4.79 Å². The second kappa shape index (κ2) is 4.54. The Morgan fingerprint density at radius 3 is 2.76 bits per heavy atom. The van der Waals surface area contributed by atoms with Crippen LogP contribution < -0.4 is 16.4 Å². The first-order valence-electron chi connectivity index (χ1n) is 5.59. The number of nitrogens with two attached hydrogens (primary N) is 2. The highest BCUT2D eigenvalue weighted by atomic mass is 32.1. The Morgan fingerprint density at radius 1 is 1.59 bits per heavy atom. The number of hydrogen-bond acceptors (Lipinski definition) is 5. The Kier molecular flexibility index (Phi) is 3.26. The smallest absolute Gasteiger partial charge is 0.260 e. The molecule has 1 amide bonds. The summed E-state index contributed by atoms with van der Waals surface area (Å²) in [5, 5.41) is 1.04. The minimum absolute atomic E-state index is 0.442. The van der Waals surface area contributed by atoms with Crippen LogP contribution in [0.15, 0.2) is 6.07 Å². The molecule has 1 aromatic rings. The molecule has 0 bridgehead atoms. The number of hydrogen-bond donors (Lipinski definition) is 2. The summed E-state index contributed by atoms with van der Waals surface area (Å²) < 4.78 is 0. The molecule has 1 atom stereocenters. The van der Waals surface area contributed by atoms with Gasteiger partial charge in [0.25, 0.3) is 5.91 Å². The van der Waals surface area contributed by atoms with E-state index in [4.69, 9.17) is 11.5 Å². The highest BCUT2D eigenvalue weighted by molar-refractivity contribution is 7.18. The van der Waals surface area contributed by atoms with Gasteiger partial charge in [-0.15, -0.1) is 11.3 Å². The lowest BCUT2D eigenvalue weighted by molar-refractivity contribution is 0.100. The van der Waals surface area contributed by atoms with Gasteiger partial charge in [-0.25, -0.2) is 0 Å². The Hall–Kier alpha value is -1.27. The molecule has 6 heteroatoms. The summed E-state index contributed by atoms with van der Waals surface area (Å²) >= 11 is 1.39. The number of thiophene rings is 1. The van der Waals surface area contributed by atoms with Crippen LogP contribution in [0.25, 0.3) is 0 Å². The molecule has 0 spiro atoms. The molecule has 1 fully saturated rings. The largest absolute Gasteiger partial charge is 0.397 e. The maximum atomic E-state index is 11.1. The summed E-state index contributed by atoms with van der Waals surface area (Å²) in [6.07, 6.45) is 1.14. The summed E-state index contributed by atoms with van der Waals surface area (Å²) in [6.45, 7) is 1.98. The van der Waals surface area contributed by atoms with Crippen molar-refractivity contribution in [3.05, 3.63) is 10.9 Å². The summed E-state index contributed by atoms with van der Waals surface area (Å²) in [6, 6.07) is 2.42. The van der Waals surface area contributed by atoms with Crippen molar-refractivity contribution in [1.82, 2.24) is 4.90 Å². The van der Waals surface area contributed by atoms with Crippen molar-refractivity contribution in [1.29, 1.82) is 0 Å². The van der Waals surface area contributed by atoms with Gasteiger partial charge in [0.2, 0.25) is 0 Å². The van der Waals surface area contributed by atoms with E-state index >= 15 is 0 Å². The zero-order chi connectivity index (χ0) is 12.6. The van der Waals surface area contributed by atoms with Gasteiger partial charge < -0.3 is 21.3 Å². The van der Waals surface area contributed by atoms with Gasteiger partial charge in [0, 0.05) is 19.1 Å². The third-order valence-electron chi connectivity index (χ3n) is 3.18. The SMILES string of the molecule is CN(C)C1CCN(c2cc(N)c(C(N)=O)s2)C1. The van der Waals surface area contributed by atoms with Crippen LogP contribution >= 0.6 is 11.3 Å². The van der Waals surface area contributed by atoms with Crippen molar-refractivity contribution in [2.75, 3.05) is 37.8 Å². The van der Waals surface area contributed by atoms with Gasteiger partial charge in [-0.2, -0.15) is 0 Å². The standard InChI is InChI=1S/C11H18N4OS/c1-14(2)7-3-4-15(6-7)9-5-8(12)10(17-9)11(13)16/h5,7H,3-4,6,12H2,1-2H3,(H2,13,16). The number of anilines is 2. The normalized spacial score (nSPS) is 20.2. The number of nitrogen functional groups attached to an aromatic ring is 1. The van der Waals surface area contributed by atoms with E-state index in [1.807, 2.05) is 6.07 Å². The van der Waals surface area contributed by atoms with Crippen LogP contribution in [-0.2, 0) is 0 Å². The van der Waals surface area contributed by atoms with Crippen LogP contribution in [0.3, 0.4) is 0 Å². The summed E-state index contributed by atoms with van der Waals surface area (Å²) in [5.74, 6) is -0.442. The van der Waals surface area contributed by atoms with Crippen LogP contribution in [0.5, 0.6) is 0 Å². The molecule has 2 rings (SSSR count). The van der Waals surface area contributed by atoms with Crippen molar-refractivity contribution in [2.24, 2.45) is 5.73 Å². The fraction of sp³-hybridized carbons (Fsp3) is 0.545. The van der Waals surface area contributed by atoms with Crippen molar-refractivity contribution >= 4 is 27.9 Å². The molecule has 0 saturated carbocycles. The van der Waals surface area contributed by atoms with E-state index in [0.29, 0.717) is 16.6 Å². The van der Waals surface area contributed by atoms with Crippen LogP contribution in [0, 0.1) is 0 Å². The number of amides is 1. The molecule has 2 heterocycles. The molecular formula is C11H18N4OS. The van der Waals surface area contributed by atoms with E-state index in [9.17, 15) is 4.79 Å². The van der Waals surface area contributed by atoms with E-state index < -0.39 is 5.91 Å². The fourth-order valence-electron chi connectivity index (χ4n) is 2.10. The third-order valence-corrected chi connectivity index (χ3v) is 4.40. The third kappa shape index (κ3) is 2.37. The predicted molar refractivity (Wildman–Crippen MR) is 71.6 cm³/mol. The second-order valence-electron chi connectivity index (χ2n) is 4.59. The lowest BCUT2D eigenvalue weighted by Gasteiger charge is -2.20. The van der Waals surface area contributed by atoms with Crippen molar-refractivity contribution in [3.63, 3.8) is 0 Å². The molecular weight excluding hydrogens is 236 g/mol. The van der Waals surface area contributed by atoms with Crippen molar-refractivity contribution in [2.45, 2.75) is 12.5 Å². The average Bonchev–Trinajstić information content (AvgIpc) is 2.82. The van der Waals surface area contributed by atoms with E-state index in [2.05, 4.69) is 23.9 Å². The Balaban J connectivity index is 2.14. The van der Waals surface area contributed by atoms with E-state index in [0.717, 1.165) is 24.5 Å². The van der Waals surface area contributed by atoms with Crippen LogP contribution in [0.2, 0.25) is 0 Å². The van der Waals surface area contributed by atoms with Gasteiger partial charge in [-0.05, 0) is 26.6 Å². The lowest BCUT2D eigenvalue weighted by Crippen LogP contribution is -2.31. The first-order valence-corrected chi connectivity index (χ1v) is 6.41. The van der Waals surface area contributed by atoms with Crippen LogP contribution in [0.4, 0.5) is 10.7 Å². The minimum atomic E-state index is -0.442. The molecule has 1 aliphatic rings. The number of nitrogens with zero attached hydrogens (tertiary/aromatic N) is 2. The van der Waals surface area contributed by atoms with E-state index in [1.165, 1.54) is 11.3 Å². The monoisotopic (exact) mass is 254 g/mol. The topological polar surface area (TPSA) is 75.6 Å².